The second kappa shape index (κ2) is 9.28. The van der Waals surface area contributed by atoms with E-state index in [0.717, 1.165) is 55.0 Å². The van der Waals surface area contributed by atoms with Crippen molar-refractivity contribution in [1.29, 1.82) is 0 Å². The average Bonchev–Trinajstić information content (AvgIpc) is 2.90. The number of carbonyl (C=O) groups excluding carboxylic acids is 1. The summed E-state index contributed by atoms with van der Waals surface area (Å²) in [7, 11) is 0. The zero-order chi connectivity index (χ0) is 19.2. The number of esters is 1. The van der Waals surface area contributed by atoms with Crippen molar-refractivity contribution in [2.24, 2.45) is 0 Å². The Labute approximate surface area is 167 Å². The Morgan fingerprint density at radius 1 is 1.22 bits per heavy atom. The van der Waals surface area contributed by atoms with Gasteiger partial charge >= 0.3 is 5.97 Å². The first-order valence-electron chi connectivity index (χ1n) is 9.11. The van der Waals surface area contributed by atoms with E-state index >= 15 is 0 Å². The van der Waals surface area contributed by atoms with Crippen LogP contribution in [0.3, 0.4) is 0 Å². The van der Waals surface area contributed by atoms with Crippen LogP contribution in [0.1, 0.15) is 29.3 Å². The monoisotopic (exact) mass is 435 g/mol. The molecule has 0 N–H and O–H groups in total. The third-order valence-corrected chi connectivity index (χ3v) is 5.32. The van der Waals surface area contributed by atoms with Gasteiger partial charge in [-0.3, -0.25) is 4.90 Å². The Morgan fingerprint density at radius 3 is 2.78 bits per heavy atom. The van der Waals surface area contributed by atoms with Gasteiger partial charge in [0, 0.05) is 43.4 Å². The molecule has 0 saturated carbocycles. The Bertz CT molecular complexity index is 785. The van der Waals surface area contributed by atoms with Gasteiger partial charge < -0.3 is 9.64 Å². The molecular formula is C20H23BrFN3O2. The highest BCUT2D eigenvalue weighted by atomic mass is 79.9. The maximum Gasteiger partial charge on any atom is 0.339 e. The van der Waals surface area contributed by atoms with Crippen molar-refractivity contribution in [3.8, 4) is 0 Å². The minimum atomic E-state index is -0.344. The van der Waals surface area contributed by atoms with E-state index in [9.17, 15) is 9.18 Å². The molecule has 1 aliphatic heterocycles. The highest BCUT2D eigenvalue weighted by Crippen LogP contribution is 2.21. The molecule has 2 heterocycles. The van der Waals surface area contributed by atoms with Crippen LogP contribution >= 0.6 is 15.9 Å². The Balaban J connectivity index is 1.60. The maximum absolute atomic E-state index is 13.3. The number of ether oxygens (including phenoxy) is 1. The van der Waals surface area contributed by atoms with E-state index in [-0.39, 0.29) is 11.8 Å². The van der Waals surface area contributed by atoms with E-state index in [0.29, 0.717) is 12.2 Å². The van der Waals surface area contributed by atoms with Gasteiger partial charge in [-0.2, -0.15) is 0 Å². The molecule has 0 spiro atoms. The first kappa shape index (κ1) is 19.8. The fraction of sp³-hybridized carbons (Fsp3) is 0.400. The number of rotatable bonds is 5. The Morgan fingerprint density at radius 2 is 2.07 bits per heavy atom. The minimum Gasteiger partial charge on any atom is -0.462 e. The van der Waals surface area contributed by atoms with E-state index in [1.165, 1.54) is 12.1 Å². The van der Waals surface area contributed by atoms with Crippen LogP contribution < -0.4 is 4.90 Å². The fourth-order valence-electron chi connectivity index (χ4n) is 3.16. The number of pyridine rings is 1. The van der Waals surface area contributed by atoms with Crippen LogP contribution in [0, 0.1) is 5.82 Å². The highest BCUT2D eigenvalue weighted by molar-refractivity contribution is 9.10. The molecule has 0 unspecified atom stereocenters. The number of nitrogens with zero attached hydrogens (tertiary/aromatic N) is 3. The molecule has 2 aromatic rings. The van der Waals surface area contributed by atoms with Crippen molar-refractivity contribution in [3.05, 3.63) is 57.9 Å². The molecule has 3 rings (SSSR count). The maximum atomic E-state index is 13.3. The summed E-state index contributed by atoms with van der Waals surface area (Å²) in [6.45, 7) is 6.55. The normalized spacial score (nSPS) is 15.4. The summed E-state index contributed by atoms with van der Waals surface area (Å²) in [4.78, 5) is 20.8. The predicted octanol–water partition coefficient (Wildman–Crippen LogP) is 3.87. The quantitative estimate of drug-likeness (QED) is 0.666. The number of halogens is 2. The van der Waals surface area contributed by atoms with E-state index in [4.69, 9.17) is 4.74 Å². The van der Waals surface area contributed by atoms with Gasteiger partial charge in [-0.15, -0.1) is 0 Å². The van der Waals surface area contributed by atoms with Crippen LogP contribution in [0.4, 0.5) is 10.2 Å². The number of hydrogen-bond donors (Lipinski definition) is 0. The van der Waals surface area contributed by atoms with Crippen LogP contribution in [-0.2, 0) is 11.3 Å². The number of anilines is 1. The smallest absolute Gasteiger partial charge is 0.339 e. The summed E-state index contributed by atoms with van der Waals surface area (Å²) < 4.78 is 19.1. The van der Waals surface area contributed by atoms with Crippen molar-refractivity contribution in [3.63, 3.8) is 0 Å². The molecule has 1 saturated heterocycles. The summed E-state index contributed by atoms with van der Waals surface area (Å²) in [5, 5.41) is 0. The molecule has 1 fully saturated rings. The number of hydrogen-bond acceptors (Lipinski definition) is 5. The third-order valence-electron chi connectivity index (χ3n) is 4.58. The van der Waals surface area contributed by atoms with Crippen molar-refractivity contribution in [2.75, 3.05) is 37.7 Å². The molecule has 0 radical (unpaired) electrons. The topological polar surface area (TPSA) is 45.7 Å². The summed E-state index contributed by atoms with van der Waals surface area (Å²) in [5.41, 5.74) is 1.56. The van der Waals surface area contributed by atoms with Gasteiger partial charge in [-0.1, -0.05) is 22.0 Å². The molecule has 0 atom stereocenters. The van der Waals surface area contributed by atoms with Gasteiger partial charge in [0.25, 0.3) is 0 Å². The average molecular weight is 436 g/mol. The molecule has 5 nitrogen and oxygen atoms in total. The van der Waals surface area contributed by atoms with Crippen LogP contribution in [0.25, 0.3) is 0 Å². The lowest BCUT2D eigenvalue weighted by atomic mass is 10.2. The largest absolute Gasteiger partial charge is 0.462 e. The molecule has 0 bridgehead atoms. The van der Waals surface area contributed by atoms with E-state index < -0.39 is 0 Å². The van der Waals surface area contributed by atoms with Gasteiger partial charge in [-0.25, -0.2) is 14.2 Å². The number of benzene rings is 1. The molecule has 144 valence electrons. The van der Waals surface area contributed by atoms with Crippen LogP contribution in [0.2, 0.25) is 0 Å². The first-order valence-corrected chi connectivity index (χ1v) is 9.90. The minimum absolute atomic E-state index is 0.231. The van der Waals surface area contributed by atoms with Crippen molar-refractivity contribution in [2.45, 2.75) is 19.9 Å². The lowest BCUT2D eigenvalue weighted by molar-refractivity contribution is 0.0526. The Kier molecular flexibility index (Phi) is 6.79. The zero-order valence-electron chi connectivity index (χ0n) is 15.3. The molecule has 0 amide bonds. The van der Waals surface area contributed by atoms with Crippen LogP contribution in [-0.4, -0.2) is 48.6 Å². The Hall–Kier alpha value is -1.99. The number of carbonyl (C=O) groups is 1. The van der Waals surface area contributed by atoms with Crippen molar-refractivity contribution in [1.82, 2.24) is 9.88 Å². The van der Waals surface area contributed by atoms with E-state index in [1.54, 1.807) is 19.2 Å². The van der Waals surface area contributed by atoms with Gasteiger partial charge in [-0.05, 0) is 43.2 Å². The zero-order valence-corrected chi connectivity index (χ0v) is 16.9. The molecule has 7 heteroatoms. The highest BCUT2D eigenvalue weighted by Gasteiger charge is 2.17. The molecule has 27 heavy (non-hydrogen) atoms. The molecule has 1 aromatic heterocycles. The lowest BCUT2D eigenvalue weighted by Gasteiger charge is -2.23. The van der Waals surface area contributed by atoms with E-state index in [2.05, 4.69) is 30.7 Å². The summed E-state index contributed by atoms with van der Waals surface area (Å²) in [5.74, 6) is 0.293. The summed E-state index contributed by atoms with van der Waals surface area (Å²) in [6.07, 6.45) is 2.59. The van der Waals surface area contributed by atoms with E-state index in [1.807, 2.05) is 12.1 Å². The van der Waals surface area contributed by atoms with Crippen LogP contribution in [0.15, 0.2) is 41.0 Å². The fourth-order valence-corrected chi connectivity index (χ4v) is 3.63. The van der Waals surface area contributed by atoms with Gasteiger partial charge in [0.1, 0.15) is 11.6 Å². The molecule has 1 aromatic carbocycles. The van der Waals surface area contributed by atoms with Gasteiger partial charge in [0.05, 0.1) is 12.2 Å². The summed E-state index contributed by atoms with van der Waals surface area (Å²) in [6, 6.07) is 8.47. The molecule has 1 aliphatic rings. The molecule has 0 aliphatic carbocycles. The predicted molar refractivity (Wildman–Crippen MR) is 106 cm³/mol. The SMILES string of the molecule is CCOC(=O)c1ccc(N2CCCN(Cc3ccc(F)cc3Br)CC2)nc1. The van der Waals surface area contributed by atoms with Gasteiger partial charge in [0.15, 0.2) is 0 Å². The third kappa shape index (κ3) is 5.26. The molecular weight excluding hydrogens is 413 g/mol. The number of aromatic nitrogens is 1. The first-order chi connectivity index (χ1) is 13.1. The van der Waals surface area contributed by atoms with Crippen molar-refractivity contribution < 1.29 is 13.9 Å². The second-order valence-corrected chi connectivity index (χ2v) is 7.33. The summed E-state index contributed by atoms with van der Waals surface area (Å²) >= 11 is 3.45. The van der Waals surface area contributed by atoms with Gasteiger partial charge in [0.2, 0.25) is 0 Å². The standard InChI is InChI=1S/C20H23BrFN3O2/c1-2-27-20(26)15-5-7-19(23-13-15)25-9-3-8-24(10-11-25)14-16-4-6-17(22)12-18(16)21/h4-7,12-13H,2-3,8-11,14H2,1H3. The van der Waals surface area contributed by atoms with Crippen LogP contribution in [0.5, 0.6) is 0 Å². The second-order valence-electron chi connectivity index (χ2n) is 6.48. The lowest BCUT2D eigenvalue weighted by Crippen LogP contribution is -2.31. The van der Waals surface area contributed by atoms with Crippen molar-refractivity contribution >= 4 is 27.7 Å².